The van der Waals surface area contributed by atoms with E-state index in [9.17, 15) is 9.59 Å². The van der Waals surface area contributed by atoms with Crippen molar-refractivity contribution in [2.45, 2.75) is 37.5 Å². The molecule has 2 heterocycles. The zero-order chi connectivity index (χ0) is 15.4. The summed E-state index contributed by atoms with van der Waals surface area (Å²) in [5.41, 5.74) is 0.842. The van der Waals surface area contributed by atoms with Crippen LogP contribution in [0.2, 0.25) is 0 Å². The minimum atomic E-state index is -0.389. The second-order valence-corrected chi connectivity index (χ2v) is 6.61. The van der Waals surface area contributed by atoms with E-state index >= 15 is 0 Å². The lowest BCUT2D eigenvalue weighted by atomic mass is 10.2. The number of hydrogen-bond donors (Lipinski definition) is 1. The van der Waals surface area contributed by atoms with Crippen LogP contribution in [0.1, 0.15) is 27.2 Å². The van der Waals surface area contributed by atoms with Crippen molar-refractivity contribution in [1.29, 1.82) is 0 Å². The fourth-order valence-electron chi connectivity index (χ4n) is 2.17. The Balaban J connectivity index is 2.09. The monoisotopic (exact) mass is 307 g/mol. The second-order valence-electron chi connectivity index (χ2n) is 5.42. The van der Waals surface area contributed by atoms with Crippen LogP contribution in [0.15, 0.2) is 23.4 Å². The van der Waals surface area contributed by atoms with Crippen LogP contribution in [-0.2, 0) is 9.59 Å². The maximum Gasteiger partial charge on any atom is 0.241 e. The molecule has 1 aliphatic heterocycles. The van der Waals surface area contributed by atoms with Gasteiger partial charge in [-0.3, -0.25) is 9.59 Å². The van der Waals surface area contributed by atoms with Gasteiger partial charge in [0.25, 0.3) is 0 Å². The molecule has 114 valence electrons. The first-order valence-electron chi connectivity index (χ1n) is 7.22. The first-order valence-corrected chi connectivity index (χ1v) is 8.10. The molecule has 2 amide bonds. The average molecular weight is 307 g/mol. The molecule has 0 bridgehead atoms. The van der Waals surface area contributed by atoms with Gasteiger partial charge in [0.05, 0.1) is 10.9 Å². The van der Waals surface area contributed by atoms with Gasteiger partial charge in [0.1, 0.15) is 5.03 Å². The molecule has 1 aromatic rings. The summed E-state index contributed by atoms with van der Waals surface area (Å²) in [6.07, 6.45) is 1.91. The molecule has 0 aliphatic carbocycles. The molecule has 6 heteroatoms. The number of hydrogen-bond acceptors (Lipinski definition) is 4. The summed E-state index contributed by atoms with van der Waals surface area (Å²) >= 11 is 1.38. The van der Waals surface area contributed by atoms with Crippen LogP contribution in [0.4, 0.5) is 5.69 Å². The van der Waals surface area contributed by atoms with E-state index in [4.69, 9.17) is 0 Å². The minimum absolute atomic E-state index is 0.0114. The summed E-state index contributed by atoms with van der Waals surface area (Å²) in [4.78, 5) is 30.5. The molecule has 1 aliphatic rings. The van der Waals surface area contributed by atoms with Crippen LogP contribution in [0.25, 0.3) is 0 Å². The highest BCUT2D eigenvalue weighted by Gasteiger charge is 2.34. The number of nitrogens with zero attached hydrogens (tertiary/aromatic N) is 2. The molecule has 0 radical (unpaired) electrons. The van der Waals surface area contributed by atoms with E-state index in [1.54, 1.807) is 11.1 Å². The Hall–Kier alpha value is -1.56. The molecule has 1 aromatic heterocycles. The van der Waals surface area contributed by atoms with Crippen LogP contribution in [0.5, 0.6) is 0 Å². The van der Waals surface area contributed by atoms with Crippen LogP contribution >= 0.6 is 11.8 Å². The van der Waals surface area contributed by atoms with E-state index in [1.807, 2.05) is 32.9 Å². The molecule has 0 fully saturated rings. The number of carbonyl (C=O) groups excluding carboxylic acids is 2. The van der Waals surface area contributed by atoms with Gasteiger partial charge >= 0.3 is 0 Å². The number of thioether (sulfide) groups is 1. The smallest absolute Gasteiger partial charge is 0.241 e. The minimum Gasteiger partial charge on any atom is -0.356 e. The van der Waals surface area contributed by atoms with Crippen LogP contribution in [-0.4, -0.2) is 35.1 Å². The Bertz CT molecular complexity index is 533. The highest BCUT2D eigenvalue weighted by Crippen LogP contribution is 2.38. The number of anilines is 1. The van der Waals surface area contributed by atoms with Gasteiger partial charge in [-0.25, -0.2) is 4.98 Å². The largest absolute Gasteiger partial charge is 0.356 e. The van der Waals surface area contributed by atoms with Gasteiger partial charge < -0.3 is 10.2 Å². The maximum absolute atomic E-state index is 12.5. The first-order chi connectivity index (χ1) is 10.0. The van der Waals surface area contributed by atoms with Gasteiger partial charge in [-0.15, -0.1) is 0 Å². The molecule has 0 spiro atoms. The normalized spacial score (nSPS) is 17.8. The lowest BCUT2D eigenvalue weighted by Gasteiger charge is -2.31. The van der Waals surface area contributed by atoms with E-state index in [0.717, 1.165) is 10.7 Å². The topological polar surface area (TPSA) is 62.3 Å². The molecule has 0 aromatic carbocycles. The van der Waals surface area contributed by atoms with Gasteiger partial charge in [0, 0.05) is 25.7 Å². The SMILES string of the molecule is CCN1C(=O)[C@H](CC(=O)NCC(C)C)Sc2ncccc21. The summed E-state index contributed by atoms with van der Waals surface area (Å²) in [5, 5.41) is 3.29. The third kappa shape index (κ3) is 3.75. The lowest BCUT2D eigenvalue weighted by Crippen LogP contribution is -2.43. The van der Waals surface area contributed by atoms with E-state index in [-0.39, 0.29) is 23.5 Å². The zero-order valence-electron chi connectivity index (χ0n) is 12.6. The van der Waals surface area contributed by atoms with Crippen molar-refractivity contribution >= 4 is 29.3 Å². The molecule has 21 heavy (non-hydrogen) atoms. The number of aromatic nitrogens is 1. The Morgan fingerprint density at radius 2 is 2.29 bits per heavy atom. The van der Waals surface area contributed by atoms with Crippen molar-refractivity contribution in [2.24, 2.45) is 5.92 Å². The summed E-state index contributed by atoms with van der Waals surface area (Å²) in [5.74, 6) is 0.311. The highest BCUT2D eigenvalue weighted by molar-refractivity contribution is 8.00. The lowest BCUT2D eigenvalue weighted by molar-refractivity contribution is -0.125. The average Bonchev–Trinajstić information content (AvgIpc) is 2.46. The Morgan fingerprint density at radius 1 is 1.52 bits per heavy atom. The molecular formula is C15H21N3O2S. The van der Waals surface area contributed by atoms with Gasteiger partial charge in [-0.1, -0.05) is 25.6 Å². The Labute approximate surface area is 129 Å². The molecule has 5 nitrogen and oxygen atoms in total. The van der Waals surface area contributed by atoms with Crippen molar-refractivity contribution in [2.75, 3.05) is 18.0 Å². The van der Waals surface area contributed by atoms with Crippen LogP contribution in [0.3, 0.4) is 0 Å². The molecule has 2 rings (SSSR count). The van der Waals surface area contributed by atoms with E-state index < -0.39 is 0 Å². The third-order valence-corrected chi connectivity index (χ3v) is 4.42. The van der Waals surface area contributed by atoms with Crippen LogP contribution in [0, 0.1) is 5.92 Å². The summed E-state index contributed by atoms with van der Waals surface area (Å²) in [6.45, 7) is 7.24. The molecule has 1 N–H and O–H groups in total. The van der Waals surface area contributed by atoms with Crippen molar-refractivity contribution in [3.05, 3.63) is 18.3 Å². The van der Waals surface area contributed by atoms with Gasteiger partial charge in [-0.05, 0) is 25.0 Å². The standard InChI is InChI=1S/C15H21N3O2S/c1-4-18-11-6-5-7-16-14(11)21-12(15(18)20)8-13(19)17-9-10(2)3/h5-7,10,12H,4,8-9H2,1-3H3,(H,17,19)/t12-/m0/s1. The fourth-order valence-corrected chi connectivity index (χ4v) is 3.32. The summed E-state index contributed by atoms with van der Waals surface area (Å²) < 4.78 is 0. The van der Waals surface area contributed by atoms with E-state index in [2.05, 4.69) is 10.3 Å². The van der Waals surface area contributed by atoms with E-state index in [1.165, 1.54) is 11.8 Å². The maximum atomic E-state index is 12.5. The number of carbonyl (C=O) groups is 2. The number of amides is 2. The highest BCUT2D eigenvalue weighted by atomic mass is 32.2. The van der Waals surface area contributed by atoms with E-state index in [0.29, 0.717) is 19.0 Å². The zero-order valence-corrected chi connectivity index (χ0v) is 13.4. The fraction of sp³-hybridized carbons (Fsp3) is 0.533. The van der Waals surface area contributed by atoms with Gasteiger partial charge in [0.15, 0.2) is 0 Å². The van der Waals surface area contributed by atoms with Gasteiger partial charge in [-0.2, -0.15) is 0 Å². The van der Waals surface area contributed by atoms with Crippen molar-refractivity contribution in [1.82, 2.24) is 10.3 Å². The number of rotatable bonds is 5. The Morgan fingerprint density at radius 3 is 2.95 bits per heavy atom. The number of pyridine rings is 1. The van der Waals surface area contributed by atoms with Gasteiger partial charge in [0.2, 0.25) is 11.8 Å². The van der Waals surface area contributed by atoms with Crippen LogP contribution < -0.4 is 10.2 Å². The third-order valence-electron chi connectivity index (χ3n) is 3.23. The molecule has 0 saturated heterocycles. The predicted molar refractivity (Wildman–Crippen MR) is 84.4 cm³/mol. The molecule has 0 unspecified atom stereocenters. The van der Waals surface area contributed by atoms with Crippen molar-refractivity contribution in [3.8, 4) is 0 Å². The second kappa shape index (κ2) is 6.93. The van der Waals surface area contributed by atoms with Crippen molar-refractivity contribution in [3.63, 3.8) is 0 Å². The summed E-state index contributed by atoms with van der Waals surface area (Å²) in [6, 6.07) is 3.72. The number of fused-ring (bicyclic) bond motifs is 1. The molecule has 1 atom stereocenters. The quantitative estimate of drug-likeness (QED) is 0.904. The summed E-state index contributed by atoms with van der Waals surface area (Å²) in [7, 11) is 0. The molecule has 0 saturated carbocycles. The number of nitrogens with one attached hydrogen (secondary N) is 1. The predicted octanol–water partition coefficient (Wildman–Crippen LogP) is 2.07. The Kier molecular flexibility index (Phi) is 5.22. The van der Waals surface area contributed by atoms with Crippen molar-refractivity contribution < 1.29 is 9.59 Å². The molecular weight excluding hydrogens is 286 g/mol. The first kappa shape index (κ1) is 15.8.